The number of rotatable bonds is 3. The van der Waals surface area contributed by atoms with Crippen LogP contribution >= 0.6 is 0 Å². The number of hydrogen-bond acceptors (Lipinski definition) is 3. The van der Waals surface area contributed by atoms with Crippen LogP contribution in [0.15, 0.2) is 0 Å². The van der Waals surface area contributed by atoms with Gasteiger partial charge in [-0.05, 0) is 26.2 Å². The van der Waals surface area contributed by atoms with Crippen LogP contribution < -0.4 is 4.72 Å². The fraction of sp³-hybridized carbons (Fsp3) is 1.00. The van der Waals surface area contributed by atoms with Crippen LogP contribution in [-0.2, 0) is 14.8 Å². The van der Waals surface area contributed by atoms with E-state index in [-0.39, 0.29) is 17.2 Å². The van der Waals surface area contributed by atoms with Gasteiger partial charge in [-0.15, -0.1) is 0 Å². The molecule has 1 aliphatic rings. The minimum atomic E-state index is -3.16. The quantitative estimate of drug-likeness (QED) is 0.764. The molecule has 2 atom stereocenters. The van der Waals surface area contributed by atoms with E-state index in [4.69, 9.17) is 4.74 Å². The summed E-state index contributed by atoms with van der Waals surface area (Å²) in [6.45, 7) is 6.68. The molecule has 84 valence electrons. The Balaban J connectivity index is 2.70. The molecular formula is C9H19NO3S. The molecule has 0 amide bonds. The van der Waals surface area contributed by atoms with Gasteiger partial charge in [-0.1, -0.05) is 6.92 Å². The van der Waals surface area contributed by atoms with E-state index in [0.717, 1.165) is 0 Å². The van der Waals surface area contributed by atoms with Crippen LogP contribution in [0, 0.1) is 5.92 Å². The molecule has 0 spiro atoms. The molecule has 1 N–H and O–H groups in total. The zero-order valence-corrected chi connectivity index (χ0v) is 9.80. The summed E-state index contributed by atoms with van der Waals surface area (Å²) in [6, 6.07) is -0.0324. The molecule has 4 nitrogen and oxygen atoms in total. The highest BCUT2D eigenvalue weighted by Gasteiger charge is 2.33. The van der Waals surface area contributed by atoms with E-state index in [1.165, 1.54) is 0 Å². The van der Waals surface area contributed by atoms with Crippen LogP contribution in [-0.4, -0.2) is 32.9 Å². The maximum Gasteiger partial charge on any atom is 0.215 e. The summed E-state index contributed by atoms with van der Waals surface area (Å²) in [7, 11) is -3.16. The summed E-state index contributed by atoms with van der Waals surface area (Å²) in [5, 5.41) is -0.293. The Morgan fingerprint density at radius 1 is 1.43 bits per heavy atom. The first-order chi connectivity index (χ1) is 6.43. The smallest absolute Gasteiger partial charge is 0.215 e. The Morgan fingerprint density at radius 2 is 2.07 bits per heavy atom. The fourth-order valence-electron chi connectivity index (χ4n) is 1.74. The molecule has 0 radical (unpaired) electrons. The number of sulfonamides is 1. The van der Waals surface area contributed by atoms with Gasteiger partial charge in [0.2, 0.25) is 10.0 Å². The minimum Gasteiger partial charge on any atom is -0.381 e. The Labute approximate surface area is 86.1 Å². The molecule has 5 heteroatoms. The van der Waals surface area contributed by atoms with Gasteiger partial charge < -0.3 is 4.74 Å². The van der Waals surface area contributed by atoms with Crippen molar-refractivity contribution in [2.45, 2.75) is 38.5 Å². The lowest BCUT2D eigenvalue weighted by atomic mass is 10.0. The highest BCUT2D eigenvalue weighted by atomic mass is 32.2. The van der Waals surface area contributed by atoms with Crippen LogP contribution in [0.4, 0.5) is 0 Å². The van der Waals surface area contributed by atoms with Crippen molar-refractivity contribution in [1.29, 1.82) is 0 Å². The van der Waals surface area contributed by atoms with Crippen LogP contribution in [0.1, 0.15) is 27.2 Å². The van der Waals surface area contributed by atoms with Crippen molar-refractivity contribution in [3.8, 4) is 0 Å². The molecule has 14 heavy (non-hydrogen) atoms. The normalized spacial score (nSPS) is 29.4. The summed E-state index contributed by atoms with van der Waals surface area (Å²) in [5.74, 6) is 0.0833. The molecule has 0 saturated carbocycles. The largest absolute Gasteiger partial charge is 0.381 e. The van der Waals surface area contributed by atoms with Crippen molar-refractivity contribution in [2.24, 2.45) is 5.92 Å². The Morgan fingerprint density at radius 3 is 2.57 bits per heavy atom. The third-order valence-electron chi connectivity index (χ3n) is 2.36. The van der Waals surface area contributed by atoms with Crippen molar-refractivity contribution >= 4 is 10.0 Å². The van der Waals surface area contributed by atoms with Gasteiger partial charge in [0, 0.05) is 12.6 Å². The maximum absolute atomic E-state index is 11.8. The molecule has 1 aliphatic heterocycles. The monoisotopic (exact) mass is 221 g/mol. The van der Waals surface area contributed by atoms with Crippen LogP contribution in [0.2, 0.25) is 0 Å². The van der Waals surface area contributed by atoms with E-state index in [0.29, 0.717) is 19.6 Å². The molecule has 0 aromatic carbocycles. The minimum absolute atomic E-state index is 0.0324. The van der Waals surface area contributed by atoms with Crippen molar-refractivity contribution in [3.63, 3.8) is 0 Å². The molecule has 0 bridgehead atoms. The van der Waals surface area contributed by atoms with Gasteiger partial charge in [0.1, 0.15) is 0 Å². The Bertz CT molecular complexity index is 274. The second-order valence-corrected chi connectivity index (χ2v) is 6.13. The summed E-state index contributed by atoms with van der Waals surface area (Å²) < 4.78 is 31.5. The third-order valence-corrected chi connectivity index (χ3v) is 4.66. The van der Waals surface area contributed by atoms with Crippen LogP contribution in [0.25, 0.3) is 0 Å². The van der Waals surface area contributed by atoms with Gasteiger partial charge in [-0.3, -0.25) is 0 Å². The van der Waals surface area contributed by atoms with Crippen molar-refractivity contribution in [2.75, 3.05) is 13.2 Å². The van der Waals surface area contributed by atoms with E-state index in [9.17, 15) is 8.42 Å². The van der Waals surface area contributed by atoms with Crippen LogP contribution in [0.5, 0.6) is 0 Å². The van der Waals surface area contributed by atoms with Gasteiger partial charge in [0.25, 0.3) is 0 Å². The molecule has 1 saturated heterocycles. The second kappa shape index (κ2) is 4.59. The summed E-state index contributed by atoms with van der Waals surface area (Å²) in [5.41, 5.74) is 0. The first-order valence-electron chi connectivity index (χ1n) is 5.02. The first-order valence-corrected chi connectivity index (χ1v) is 6.57. The number of nitrogens with one attached hydrogen (secondary N) is 1. The zero-order valence-electron chi connectivity index (χ0n) is 8.99. The van der Waals surface area contributed by atoms with Gasteiger partial charge >= 0.3 is 0 Å². The molecule has 0 unspecified atom stereocenters. The fourth-order valence-corrected chi connectivity index (χ4v) is 3.67. The summed E-state index contributed by atoms with van der Waals surface area (Å²) in [4.78, 5) is 0. The topological polar surface area (TPSA) is 55.4 Å². The zero-order chi connectivity index (χ0) is 10.8. The predicted octanol–water partition coefficient (Wildman–Crippen LogP) is 0.739. The van der Waals surface area contributed by atoms with E-state index >= 15 is 0 Å². The van der Waals surface area contributed by atoms with E-state index in [1.54, 1.807) is 0 Å². The van der Waals surface area contributed by atoms with Crippen molar-refractivity contribution in [3.05, 3.63) is 0 Å². The maximum atomic E-state index is 11.8. The third kappa shape index (κ3) is 2.93. The molecular weight excluding hydrogens is 202 g/mol. The van der Waals surface area contributed by atoms with Gasteiger partial charge in [0.05, 0.1) is 11.9 Å². The summed E-state index contributed by atoms with van der Waals surface area (Å²) in [6.07, 6.45) is 0.600. The standard InChI is InChI=1S/C9H19NO3S/c1-7(2)10-14(11,12)9-4-5-13-6-8(9)3/h7-10H,4-6H2,1-3H3/t8-,9+/m0/s1. The first kappa shape index (κ1) is 11.9. The highest BCUT2D eigenvalue weighted by molar-refractivity contribution is 7.90. The molecule has 1 fully saturated rings. The SMILES string of the molecule is CC(C)NS(=O)(=O)[C@@H]1CCOC[C@@H]1C. The molecule has 1 heterocycles. The van der Waals surface area contributed by atoms with E-state index in [1.807, 2.05) is 20.8 Å². The number of hydrogen-bond donors (Lipinski definition) is 1. The van der Waals surface area contributed by atoms with Crippen molar-refractivity contribution in [1.82, 2.24) is 4.72 Å². The molecule has 0 aliphatic carbocycles. The van der Waals surface area contributed by atoms with E-state index < -0.39 is 10.0 Å². The van der Waals surface area contributed by atoms with Crippen LogP contribution in [0.3, 0.4) is 0 Å². The van der Waals surface area contributed by atoms with E-state index in [2.05, 4.69) is 4.72 Å². The Kier molecular flexibility index (Phi) is 3.92. The van der Waals surface area contributed by atoms with Gasteiger partial charge in [-0.25, -0.2) is 13.1 Å². The second-order valence-electron chi connectivity index (χ2n) is 4.20. The molecule has 1 rings (SSSR count). The predicted molar refractivity (Wildman–Crippen MR) is 55.6 cm³/mol. The molecule has 0 aromatic heterocycles. The van der Waals surface area contributed by atoms with Gasteiger partial charge in [-0.2, -0.15) is 0 Å². The lowest BCUT2D eigenvalue weighted by Gasteiger charge is -2.29. The van der Waals surface area contributed by atoms with Gasteiger partial charge in [0.15, 0.2) is 0 Å². The average molecular weight is 221 g/mol. The number of ether oxygens (including phenoxy) is 1. The average Bonchev–Trinajstić information content (AvgIpc) is 2.02. The van der Waals surface area contributed by atoms with Crippen molar-refractivity contribution < 1.29 is 13.2 Å². The summed E-state index contributed by atoms with van der Waals surface area (Å²) >= 11 is 0. The lowest BCUT2D eigenvalue weighted by molar-refractivity contribution is 0.0634. The lowest BCUT2D eigenvalue weighted by Crippen LogP contribution is -2.45. The Hall–Kier alpha value is -0.130. The molecule has 0 aromatic rings. The highest BCUT2D eigenvalue weighted by Crippen LogP contribution is 2.20.